The third kappa shape index (κ3) is 19.9. The van der Waals surface area contributed by atoms with Gasteiger partial charge in [-0.05, 0) is 12.8 Å². The van der Waals surface area contributed by atoms with Crippen LogP contribution in [0.3, 0.4) is 0 Å². The van der Waals surface area contributed by atoms with Gasteiger partial charge in [-0.25, -0.2) is 4.39 Å². The van der Waals surface area contributed by atoms with E-state index in [1.54, 1.807) is 0 Å². The molecule has 1 heteroatoms. The second kappa shape index (κ2) is 20.0. The van der Waals surface area contributed by atoms with Crippen molar-refractivity contribution in [2.45, 2.75) is 136 Å². The van der Waals surface area contributed by atoms with Gasteiger partial charge in [-0.2, -0.15) is 0 Å². The normalized spacial score (nSPS) is 11.5. The molecular weight excluding hydrogens is 283 g/mol. The van der Waals surface area contributed by atoms with Crippen molar-refractivity contribution < 1.29 is 4.39 Å². The van der Waals surface area contributed by atoms with E-state index in [0.717, 1.165) is 25.7 Å². The molecule has 0 spiro atoms. The highest BCUT2D eigenvalue weighted by Crippen LogP contribution is 2.21. The fraction of sp³-hybridized carbons (Fsp3) is 0.955. The van der Waals surface area contributed by atoms with Crippen LogP contribution in [0.4, 0.5) is 4.39 Å². The van der Waals surface area contributed by atoms with Gasteiger partial charge in [0.25, 0.3) is 0 Å². The van der Waals surface area contributed by atoms with E-state index in [-0.39, 0.29) is 6.17 Å². The van der Waals surface area contributed by atoms with Crippen LogP contribution in [-0.4, -0.2) is 0 Å². The average Bonchev–Trinajstić information content (AvgIpc) is 2.56. The number of hydrogen-bond donors (Lipinski definition) is 0. The maximum atomic E-state index is 13.6. The first kappa shape index (κ1) is 22.9. The molecule has 0 amide bonds. The van der Waals surface area contributed by atoms with Crippen molar-refractivity contribution in [2.75, 3.05) is 0 Å². The summed E-state index contributed by atoms with van der Waals surface area (Å²) >= 11 is 0. The average molecular weight is 328 g/mol. The summed E-state index contributed by atoms with van der Waals surface area (Å²) in [5, 5.41) is 0. The van der Waals surface area contributed by atoms with Crippen LogP contribution in [0.15, 0.2) is 0 Å². The molecule has 0 aliphatic rings. The Morgan fingerprint density at radius 2 is 0.696 bits per heavy atom. The van der Waals surface area contributed by atoms with Gasteiger partial charge in [-0.3, -0.25) is 0 Å². The fourth-order valence-electron chi connectivity index (χ4n) is 3.20. The quantitative estimate of drug-likeness (QED) is 0.208. The molecule has 1 radical (unpaired) electrons. The minimum Gasteiger partial charge on any atom is -0.240 e. The van der Waals surface area contributed by atoms with Gasteiger partial charge in [0.1, 0.15) is 6.17 Å². The van der Waals surface area contributed by atoms with Crippen LogP contribution in [0.5, 0.6) is 0 Å². The SMILES string of the molecule is CCCCCCCCCCCCCCC[C](F)CCCCCC. The molecule has 0 bridgehead atoms. The van der Waals surface area contributed by atoms with E-state index < -0.39 is 0 Å². The summed E-state index contributed by atoms with van der Waals surface area (Å²) in [5.74, 6) is 0. The van der Waals surface area contributed by atoms with Gasteiger partial charge in [0.2, 0.25) is 0 Å². The molecular formula is C22H44F. The van der Waals surface area contributed by atoms with Crippen LogP contribution in [0.25, 0.3) is 0 Å². The Kier molecular flexibility index (Phi) is 19.9. The first-order valence-electron chi connectivity index (χ1n) is 10.8. The molecule has 0 aromatic heterocycles. The molecule has 0 saturated carbocycles. The lowest BCUT2D eigenvalue weighted by molar-refractivity contribution is 0.398. The summed E-state index contributed by atoms with van der Waals surface area (Å²) in [4.78, 5) is 0. The molecule has 0 aliphatic carbocycles. The number of hydrogen-bond acceptors (Lipinski definition) is 0. The molecule has 0 nitrogen and oxygen atoms in total. The molecule has 0 aliphatic heterocycles. The topological polar surface area (TPSA) is 0 Å². The standard InChI is InChI=1S/C22H44F/c1-3-5-7-9-10-11-12-13-14-15-16-17-19-21-22(23)20-18-8-6-4-2/h3-21H2,1-2H3. The fourth-order valence-corrected chi connectivity index (χ4v) is 3.20. The highest BCUT2D eigenvalue weighted by atomic mass is 19.1. The molecule has 0 atom stereocenters. The summed E-state index contributed by atoms with van der Waals surface area (Å²) in [6, 6.07) is 0. The van der Waals surface area contributed by atoms with Gasteiger partial charge in [0.05, 0.1) is 0 Å². The Morgan fingerprint density at radius 1 is 0.435 bits per heavy atom. The van der Waals surface area contributed by atoms with Crippen LogP contribution >= 0.6 is 0 Å². The van der Waals surface area contributed by atoms with E-state index in [2.05, 4.69) is 13.8 Å². The first-order valence-corrected chi connectivity index (χ1v) is 10.8. The van der Waals surface area contributed by atoms with Gasteiger partial charge in [0, 0.05) is 0 Å². The largest absolute Gasteiger partial charge is 0.240 e. The van der Waals surface area contributed by atoms with Gasteiger partial charge >= 0.3 is 0 Å². The zero-order chi connectivity index (χ0) is 17.0. The minimum absolute atomic E-state index is 0.254. The summed E-state index contributed by atoms with van der Waals surface area (Å²) in [7, 11) is 0. The zero-order valence-electron chi connectivity index (χ0n) is 16.3. The van der Waals surface area contributed by atoms with Crippen molar-refractivity contribution in [2.24, 2.45) is 0 Å². The third-order valence-corrected chi connectivity index (χ3v) is 4.85. The van der Waals surface area contributed by atoms with E-state index >= 15 is 0 Å². The molecule has 139 valence electrons. The monoisotopic (exact) mass is 327 g/mol. The maximum Gasteiger partial charge on any atom is 0.144 e. The van der Waals surface area contributed by atoms with E-state index in [1.165, 1.54) is 96.3 Å². The lowest BCUT2D eigenvalue weighted by Gasteiger charge is -2.07. The van der Waals surface area contributed by atoms with Crippen molar-refractivity contribution in [3.63, 3.8) is 0 Å². The highest BCUT2D eigenvalue weighted by molar-refractivity contribution is 4.75. The Bertz CT molecular complexity index is 202. The van der Waals surface area contributed by atoms with E-state index in [0.29, 0.717) is 0 Å². The molecule has 0 rings (SSSR count). The van der Waals surface area contributed by atoms with Gasteiger partial charge in [-0.1, -0.05) is 123 Å². The van der Waals surface area contributed by atoms with E-state index in [4.69, 9.17) is 0 Å². The van der Waals surface area contributed by atoms with Crippen molar-refractivity contribution >= 4 is 0 Å². The van der Waals surface area contributed by atoms with Crippen molar-refractivity contribution in [3.8, 4) is 0 Å². The minimum atomic E-state index is 0.254. The van der Waals surface area contributed by atoms with Crippen molar-refractivity contribution in [1.29, 1.82) is 0 Å². The first-order chi connectivity index (χ1) is 11.3. The van der Waals surface area contributed by atoms with Crippen molar-refractivity contribution in [1.82, 2.24) is 0 Å². The van der Waals surface area contributed by atoms with Gasteiger partial charge < -0.3 is 0 Å². The van der Waals surface area contributed by atoms with Crippen molar-refractivity contribution in [3.05, 3.63) is 6.17 Å². The molecule has 23 heavy (non-hydrogen) atoms. The summed E-state index contributed by atoms with van der Waals surface area (Å²) < 4.78 is 13.6. The molecule has 0 aromatic carbocycles. The van der Waals surface area contributed by atoms with E-state index in [1.807, 2.05) is 0 Å². The predicted octanol–water partition coefficient (Wildman–Crippen LogP) is 8.94. The molecule has 0 fully saturated rings. The molecule has 0 heterocycles. The van der Waals surface area contributed by atoms with Crippen LogP contribution in [0.2, 0.25) is 0 Å². The summed E-state index contributed by atoms with van der Waals surface area (Å²) in [6.45, 7) is 4.48. The highest BCUT2D eigenvalue weighted by Gasteiger charge is 2.06. The molecule has 0 unspecified atom stereocenters. The van der Waals surface area contributed by atoms with E-state index in [9.17, 15) is 4.39 Å². The number of rotatable bonds is 19. The Morgan fingerprint density at radius 3 is 1.04 bits per heavy atom. The number of halogens is 1. The summed E-state index contributed by atoms with van der Waals surface area (Å²) in [6.07, 6.45) is 24.1. The molecule has 0 N–H and O–H groups in total. The van der Waals surface area contributed by atoms with Crippen LogP contribution in [-0.2, 0) is 0 Å². The smallest absolute Gasteiger partial charge is 0.144 e. The van der Waals surface area contributed by atoms with Crippen LogP contribution in [0.1, 0.15) is 136 Å². The Labute approximate surface area is 147 Å². The van der Waals surface area contributed by atoms with Gasteiger partial charge in [-0.15, -0.1) is 0 Å². The second-order valence-corrected chi connectivity index (χ2v) is 7.32. The maximum absolute atomic E-state index is 13.6. The lowest BCUT2D eigenvalue weighted by Crippen LogP contribution is -1.91. The van der Waals surface area contributed by atoms with Crippen LogP contribution < -0.4 is 0 Å². The predicted molar refractivity (Wildman–Crippen MR) is 103 cm³/mol. The number of unbranched alkanes of at least 4 members (excludes halogenated alkanes) is 15. The van der Waals surface area contributed by atoms with Crippen LogP contribution in [0, 0.1) is 6.17 Å². The third-order valence-electron chi connectivity index (χ3n) is 4.85. The molecule has 0 saturated heterocycles. The Balaban J connectivity index is 3.07. The lowest BCUT2D eigenvalue weighted by atomic mass is 10.0. The summed E-state index contributed by atoms with van der Waals surface area (Å²) in [5.41, 5.74) is 0. The zero-order valence-corrected chi connectivity index (χ0v) is 16.3. The van der Waals surface area contributed by atoms with Gasteiger partial charge in [0.15, 0.2) is 0 Å². The Hall–Kier alpha value is -0.0700. The molecule has 0 aromatic rings. The second-order valence-electron chi connectivity index (χ2n) is 7.32.